The summed E-state index contributed by atoms with van der Waals surface area (Å²) in [5, 5.41) is 4.07. The van der Waals surface area contributed by atoms with Crippen molar-refractivity contribution in [1.82, 2.24) is 14.5 Å². The van der Waals surface area contributed by atoms with E-state index in [1.165, 1.54) is 7.11 Å². The van der Waals surface area contributed by atoms with Crippen LogP contribution in [0.3, 0.4) is 0 Å². The molecule has 0 bridgehead atoms. The number of hydrogen-bond donors (Lipinski definition) is 1. The Balaban J connectivity index is 1.85. The minimum absolute atomic E-state index is 0.0917. The van der Waals surface area contributed by atoms with Gasteiger partial charge in [0, 0.05) is 19.2 Å². The van der Waals surface area contributed by atoms with Crippen LogP contribution in [0.1, 0.15) is 53.7 Å². The SMILES string of the molecule is COC(=O)c1nc(Cl)ccc1N[C@H](C)c1cc(C)cc2c(=O)n(C)c(C3(C)CCOC3)nc12. The second-order valence-corrected chi connectivity index (χ2v) is 9.19. The zero-order valence-corrected chi connectivity index (χ0v) is 20.1. The molecule has 174 valence electrons. The smallest absolute Gasteiger partial charge is 0.358 e. The molecular formula is C24H27ClN4O4. The number of esters is 1. The topological polar surface area (TPSA) is 95.3 Å². The van der Waals surface area contributed by atoms with Crippen molar-refractivity contribution >= 4 is 34.2 Å². The molecule has 2 atom stereocenters. The number of rotatable bonds is 5. The highest BCUT2D eigenvalue weighted by atomic mass is 35.5. The van der Waals surface area contributed by atoms with Crippen LogP contribution >= 0.6 is 11.6 Å². The van der Waals surface area contributed by atoms with Gasteiger partial charge in [-0.2, -0.15) is 0 Å². The van der Waals surface area contributed by atoms with Gasteiger partial charge in [0.05, 0.1) is 41.8 Å². The maximum atomic E-state index is 13.3. The van der Waals surface area contributed by atoms with Gasteiger partial charge in [-0.15, -0.1) is 0 Å². The molecule has 1 aliphatic rings. The van der Waals surface area contributed by atoms with Crippen molar-refractivity contribution in [1.29, 1.82) is 0 Å². The molecule has 1 fully saturated rings. The summed E-state index contributed by atoms with van der Waals surface area (Å²) in [4.78, 5) is 34.7. The summed E-state index contributed by atoms with van der Waals surface area (Å²) in [5.41, 5.74) is 2.56. The highest BCUT2D eigenvalue weighted by molar-refractivity contribution is 6.29. The lowest BCUT2D eigenvalue weighted by atomic mass is 9.88. The van der Waals surface area contributed by atoms with Gasteiger partial charge in [0.25, 0.3) is 5.56 Å². The summed E-state index contributed by atoms with van der Waals surface area (Å²) in [7, 11) is 3.06. The predicted molar refractivity (Wildman–Crippen MR) is 127 cm³/mol. The van der Waals surface area contributed by atoms with E-state index in [9.17, 15) is 9.59 Å². The highest BCUT2D eigenvalue weighted by Gasteiger charge is 2.36. The fourth-order valence-electron chi connectivity index (χ4n) is 4.38. The van der Waals surface area contributed by atoms with Crippen molar-refractivity contribution in [3.8, 4) is 0 Å². The van der Waals surface area contributed by atoms with Gasteiger partial charge in [-0.25, -0.2) is 14.8 Å². The number of pyridine rings is 1. The number of benzene rings is 1. The predicted octanol–water partition coefficient (Wildman–Crippen LogP) is 3.93. The normalized spacial score (nSPS) is 19.0. The number of carbonyl (C=O) groups excluding carboxylic acids is 1. The van der Waals surface area contributed by atoms with E-state index in [0.29, 0.717) is 35.6 Å². The Kier molecular flexibility index (Phi) is 6.16. The Labute approximate surface area is 196 Å². The number of nitrogens with zero attached hydrogens (tertiary/aromatic N) is 3. The molecule has 1 saturated heterocycles. The molecule has 3 heterocycles. The summed E-state index contributed by atoms with van der Waals surface area (Å²) in [5.74, 6) is 0.114. The molecule has 1 unspecified atom stereocenters. The van der Waals surface area contributed by atoms with E-state index in [0.717, 1.165) is 17.5 Å². The van der Waals surface area contributed by atoms with Gasteiger partial charge < -0.3 is 14.8 Å². The number of aromatic nitrogens is 3. The quantitative estimate of drug-likeness (QED) is 0.446. The highest BCUT2D eigenvalue weighted by Crippen LogP contribution is 2.33. The van der Waals surface area contributed by atoms with Crippen molar-refractivity contribution in [3.05, 3.63) is 62.4 Å². The lowest BCUT2D eigenvalue weighted by Crippen LogP contribution is -2.34. The largest absolute Gasteiger partial charge is 0.464 e. The number of fused-ring (bicyclic) bond motifs is 1. The number of halogens is 1. The molecule has 1 aliphatic heterocycles. The molecule has 4 rings (SSSR count). The van der Waals surface area contributed by atoms with Gasteiger partial charge in [0.2, 0.25) is 0 Å². The third-order valence-corrected chi connectivity index (χ3v) is 6.40. The van der Waals surface area contributed by atoms with E-state index in [-0.39, 0.29) is 27.9 Å². The zero-order valence-electron chi connectivity index (χ0n) is 19.4. The van der Waals surface area contributed by atoms with Crippen molar-refractivity contribution < 1.29 is 14.3 Å². The average Bonchev–Trinajstić information content (AvgIpc) is 3.23. The van der Waals surface area contributed by atoms with Crippen LogP contribution in [0.5, 0.6) is 0 Å². The Bertz CT molecular complexity index is 1300. The Morgan fingerprint density at radius 3 is 2.76 bits per heavy atom. The van der Waals surface area contributed by atoms with E-state index in [1.54, 1.807) is 23.7 Å². The third-order valence-electron chi connectivity index (χ3n) is 6.19. The Hall–Kier alpha value is -2.97. The fourth-order valence-corrected chi connectivity index (χ4v) is 4.53. The van der Waals surface area contributed by atoms with E-state index in [4.69, 9.17) is 26.1 Å². The average molecular weight is 471 g/mol. The van der Waals surface area contributed by atoms with Crippen LogP contribution in [0.25, 0.3) is 10.9 Å². The van der Waals surface area contributed by atoms with E-state index >= 15 is 0 Å². The summed E-state index contributed by atoms with van der Waals surface area (Å²) < 4.78 is 12.1. The second kappa shape index (κ2) is 8.76. The molecule has 33 heavy (non-hydrogen) atoms. The summed E-state index contributed by atoms with van der Waals surface area (Å²) in [6.07, 6.45) is 0.798. The van der Waals surface area contributed by atoms with Crippen molar-refractivity contribution in [2.75, 3.05) is 25.6 Å². The van der Waals surface area contributed by atoms with Crippen LogP contribution < -0.4 is 10.9 Å². The number of nitrogens with one attached hydrogen (secondary N) is 1. The monoisotopic (exact) mass is 470 g/mol. The van der Waals surface area contributed by atoms with Gasteiger partial charge in [-0.3, -0.25) is 9.36 Å². The first-order chi connectivity index (χ1) is 15.6. The van der Waals surface area contributed by atoms with Crippen LogP contribution in [-0.4, -0.2) is 40.8 Å². The van der Waals surface area contributed by atoms with Crippen LogP contribution in [-0.2, 0) is 21.9 Å². The van der Waals surface area contributed by atoms with Crippen molar-refractivity contribution in [2.45, 2.75) is 38.6 Å². The number of anilines is 1. The molecule has 9 heteroatoms. The minimum atomic E-state index is -0.593. The molecule has 1 N–H and O–H groups in total. The van der Waals surface area contributed by atoms with E-state index in [2.05, 4.69) is 17.2 Å². The van der Waals surface area contributed by atoms with E-state index < -0.39 is 5.97 Å². The summed E-state index contributed by atoms with van der Waals surface area (Å²) in [6.45, 7) is 7.13. The Morgan fingerprint density at radius 1 is 1.33 bits per heavy atom. The van der Waals surface area contributed by atoms with Crippen LogP contribution in [0.15, 0.2) is 29.1 Å². The van der Waals surface area contributed by atoms with E-state index in [1.807, 2.05) is 26.0 Å². The number of carbonyl (C=O) groups is 1. The summed E-state index contributed by atoms with van der Waals surface area (Å²) in [6, 6.07) is 6.86. The first-order valence-electron chi connectivity index (χ1n) is 10.8. The first-order valence-corrected chi connectivity index (χ1v) is 11.1. The van der Waals surface area contributed by atoms with Gasteiger partial charge in [0.15, 0.2) is 5.69 Å². The lowest BCUT2D eigenvalue weighted by molar-refractivity contribution is 0.0595. The number of hydrogen-bond acceptors (Lipinski definition) is 7. The number of ether oxygens (including phenoxy) is 2. The second-order valence-electron chi connectivity index (χ2n) is 8.80. The van der Waals surface area contributed by atoms with Gasteiger partial charge >= 0.3 is 5.97 Å². The van der Waals surface area contributed by atoms with Gasteiger partial charge in [0.1, 0.15) is 11.0 Å². The molecule has 0 aliphatic carbocycles. The molecule has 2 aromatic heterocycles. The molecule has 0 amide bonds. The Morgan fingerprint density at radius 2 is 2.09 bits per heavy atom. The standard InChI is InChI=1S/C24H27ClN4O4/c1-13-10-15(14(2)26-17-6-7-18(25)27-20(17)22(31)32-5)19-16(11-13)21(30)29(4)23(28-19)24(3)8-9-33-12-24/h6-7,10-11,14,26H,8-9,12H2,1-5H3/t14-,24?/m1/s1. The van der Waals surface area contributed by atoms with Crippen LogP contribution in [0, 0.1) is 6.92 Å². The minimum Gasteiger partial charge on any atom is -0.464 e. The van der Waals surface area contributed by atoms with Gasteiger partial charge in [-0.1, -0.05) is 24.6 Å². The van der Waals surface area contributed by atoms with Crippen LogP contribution in [0.2, 0.25) is 5.15 Å². The fraction of sp³-hybridized carbons (Fsp3) is 0.417. The lowest BCUT2D eigenvalue weighted by Gasteiger charge is -2.25. The van der Waals surface area contributed by atoms with Gasteiger partial charge in [-0.05, 0) is 44.0 Å². The third kappa shape index (κ3) is 4.20. The van der Waals surface area contributed by atoms with Crippen molar-refractivity contribution in [3.63, 3.8) is 0 Å². The molecule has 0 spiro atoms. The van der Waals surface area contributed by atoms with Crippen molar-refractivity contribution in [2.24, 2.45) is 7.05 Å². The molecule has 0 radical (unpaired) electrons. The first kappa shape index (κ1) is 23.2. The van der Waals surface area contributed by atoms with Crippen LogP contribution in [0.4, 0.5) is 5.69 Å². The molecule has 0 saturated carbocycles. The number of aryl methyl sites for hydroxylation is 1. The molecule has 1 aromatic carbocycles. The maximum absolute atomic E-state index is 13.3. The maximum Gasteiger partial charge on any atom is 0.358 e. The number of methoxy groups -OCH3 is 1. The molecule has 3 aromatic rings. The molecular weight excluding hydrogens is 444 g/mol. The molecule has 8 nitrogen and oxygen atoms in total. The summed E-state index contributed by atoms with van der Waals surface area (Å²) >= 11 is 5.99. The zero-order chi connectivity index (χ0) is 23.9.